The van der Waals surface area contributed by atoms with Gasteiger partial charge in [0.25, 0.3) is 0 Å². The Balaban J connectivity index is 1.04. The zero-order valence-corrected chi connectivity index (χ0v) is 22.0. The van der Waals surface area contributed by atoms with Crippen LogP contribution in [0.15, 0.2) is 40.3 Å². The van der Waals surface area contributed by atoms with Gasteiger partial charge in [0.05, 0.1) is 30.0 Å². The number of ether oxygens (including phenoxy) is 2. The molecule has 0 unspecified atom stereocenters. The van der Waals surface area contributed by atoms with E-state index in [0.29, 0.717) is 36.6 Å². The van der Waals surface area contributed by atoms with Crippen LogP contribution in [-0.4, -0.2) is 81.3 Å². The smallest absolute Gasteiger partial charge is 0.326 e. The second-order valence-corrected chi connectivity index (χ2v) is 11.0. The summed E-state index contributed by atoms with van der Waals surface area (Å²) in [5.74, 6) is 0.581. The van der Waals surface area contributed by atoms with Crippen molar-refractivity contribution in [3.05, 3.63) is 46.0 Å². The number of amides is 1. The van der Waals surface area contributed by atoms with Gasteiger partial charge in [-0.2, -0.15) is 0 Å². The number of anilines is 1. The van der Waals surface area contributed by atoms with E-state index in [1.807, 2.05) is 33.7 Å². The van der Waals surface area contributed by atoms with E-state index < -0.39 is 5.79 Å². The molecular formula is C25H29ClN6O4S. The van der Waals surface area contributed by atoms with Crippen molar-refractivity contribution in [1.82, 2.24) is 24.4 Å². The highest BCUT2D eigenvalue weighted by Gasteiger charge is 2.40. The summed E-state index contributed by atoms with van der Waals surface area (Å²) in [5.41, 5.74) is 1.66. The van der Waals surface area contributed by atoms with Crippen molar-refractivity contribution in [1.29, 1.82) is 0 Å². The highest BCUT2D eigenvalue weighted by Crippen LogP contribution is 2.34. The number of para-hydroxylation sites is 2. The second-order valence-electron chi connectivity index (χ2n) is 9.64. The summed E-state index contributed by atoms with van der Waals surface area (Å²) in [5, 5.41) is 0.850. The maximum Gasteiger partial charge on any atom is 0.326 e. The van der Waals surface area contributed by atoms with E-state index in [0.717, 1.165) is 55.6 Å². The quantitative estimate of drug-likeness (QED) is 0.297. The molecule has 3 fully saturated rings. The van der Waals surface area contributed by atoms with Crippen LogP contribution < -0.4 is 10.6 Å². The Bertz CT molecular complexity index is 1340. The minimum Gasteiger partial charge on any atom is -0.356 e. The molecule has 0 radical (unpaired) electrons. The number of benzene rings is 1. The standard InChI is InChI=1S/C25H29ClN6O4S/c26-20-15-21(30-11-7-25(8-12-30)35-13-14-36-25)29-23(28-20)37-16-22(33)31-9-5-17(6-10-31)32-19-4-2-1-3-18(19)27-24(32)34/h1-4,15,17H,5-14,16H2,(H,27,34). The predicted octanol–water partition coefficient (Wildman–Crippen LogP) is 3.07. The fourth-order valence-corrected chi connectivity index (χ4v) is 6.49. The van der Waals surface area contributed by atoms with Gasteiger partial charge in [-0.1, -0.05) is 35.5 Å². The van der Waals surface area contributed by atoms with E-state index in [9.17, 15) is 9.59 Å². The molecule has 1 amide bonds. The highest BCUT2D eigenvalue weighted by molar-refractivity contribution is 7.99. The molecule has 196 valence electrons. The van der Waals surface area contributed by atoms with Crippen molar-refractivity contribution in [2.75, 3.05) is 50.0 Å². The number of aromatic amines is 1. The van der Waals surface area contributed by atoms with Crippen LogP contribution in [0.25, 0.3) is 11.0 Å². The Hall–Kier alpha value is -2.60. The van der Waals surface area contributed by atoms with Gasteiger partial charge in [0.1, 0.15) is 11.0 Å². The molecule has 3 aliphatic heterocycles. The molecule has 2 aromatic heterocycles. The highest BCUT2D eigenvalue weighted by atomic mass is 35.5. The van der Waals surface area contributed by atoms with Crippen LogP contribution in [0.3, 0.4) is 0 Å². The maximum atomic E-state index is 13.0. The van der Waals surface area contributed by atoms with Crippen molar-refractivity contribution in [2.45, 2.75) is 42.7 Å². The summed E-state index contributed by atoms with van der Waals surface area (Å²) < 4.78 is 13.5. The molecule has 1 N–H and O–H groups in total. The Morgan fingerprint density at radius 1 is 1.11 bits per heavy atom. The number of likely N-dealkylation sites (tertiary alicyclic amines) is 1. The molecule has 3 aromatic rings. The van der Waals surface area contributed by atoms with Crippen LogP contribution >= 0.6 is 23.4 Å². The summed E-state index contributed by atoms with van der Waals surface area (Å²) in [6.07, 6.45) is 3.02. The fraction of sp³-hybridized carbons (Fsp3) is 0.520. The van der Waals surface area contributed by atoms with Crippen LogP contribution in [0.4, 0.5) is 5.82 Å². The first-order valence-electron chi connectivity index (χ1n) is 12.7. The molecule has 37 heavy (non-hydrogen) atoms. The lowest BCUT2D eigenvalue weighted by molar-refractivity contribution is -0.169. The van der Waals surface area contributed by atoms with E-state index in [1.165, 1.54) is 11.8 Å². The molecule has 5 heterocycles. The fourth-order valence-electron chi connectivity index (χ4n) is 5.50. The third kappa shape index (κ3) is 5.09. The molecule has 0 saturated carbocycles. The summed E-state index contributed by atoms with van der Waals surface area (Å²) in [4.78, 5) is 41.4. The van der Waals surface area contributed by atoms with Gasteiger partial charge < -0.3 is 24.3 Å². The van der Waals surface area contributed by atoms with Crippen LogP contribution in [0.2, 0.25) is 5.15 Å². The number of piperidine rings is 2. The molecule has 0 atom stereocenters. The second kappa shape index (κ2) is 10.3. The van der Waals surface area contributed by atoms with Gasteiger partial charge >= 0.3 is 5.69 Å². The van der Waals surface area contributed by atoms with Crippen LogP contribution in [-0.2, 0) is 14.3 Å². The number of H-pyrrole nitrogens is 1. The molecule has 3 aliphatic rings. The van der Waals surface area contributed by atoms with Crippen molar-refractivity contribution < 1.29 is 14.3 Å². The molecule has 12 heteroatoms. The summed E-state index contributed by atoms with van der Waals surface area (Å²) in [7, 11) is 0. The van der Waals surface area contributed by atoms with Crippen LogP contribution in [0.1, 0.15) is 31.7 Å². The average molecular weight is 545 g/mol. The lowest BCUT2D eigenvalue weighted by Crippen LogP contribution is -2.45. The Labute approximate surface area is 223 Å². The van der Waals surface area contributed by atoms with Gasteiger partial charge in [0, 0.05) is 51.1 Å². The number of carbonyl (C=O) groups is 1. The normalized spacial score (nSPS) is 20.2. The molecule has 0 bridgehead atoms. The number of halogens is 1. The number of hydrogen-bond acceptors (Lipinski definition) is 8. The SMILES string of the molecule is O=C(CSc1nc(Cl)cc(N2CCC3(CC2)OCCO3)n1)N1CCC(n2c(=O)[nH]c3ccccc32)CC1. The number of hydrogen-bond donors (Lipinski definition) is 1. The summed E-state index contributed by atoms with van der Waals surface area (Å²) >= 11 is 7.61. The van der Waals surface area contributed by atoms with Crippen molar-refractivity contribution in [3.63, 3.8) is 0 Å². The van der Waals surface area contributed by atoms with Gasteiger partial charge in [-0.15, -0.1) is 0 Å². The number of thioether (sulfide) groups is 1. The van der Waals surface area contributed by atoms with E-state index in [-0.39, 0.29) is 23.4 Å². The van der Waals surface area contributed by atoms with E-state index in [2.05, 4.69) is 19.9 Å². The zero-order valence-electron chi connectivity index (χ0n) is 20.4. The molecule has 1 spiro atoms. The molecule has 1 aromatic carbocycles. The summed E-state index contributed by atoms with van der Waals surface area (Å²) in [6, 6.07) is 9.55. The predicted molar refractivity (Wildman–Crippen MR) is 141 cm³/mol. The van der Waals surface area contributed by atoms with Gasteiger partial charge in [-0.05, 0) is 25.0 Å². The molecule has 3 saturated heterocycles. The molecule has 10 nitrogen and oxygen atoms in total. The number of nitrogens with one attached hydrogen (secondary N) is 1. The third-order valence-corrected chi connectivity index (χ3v) is 8.48. The van der Waals surface area contributed by atoms with Gasteiger partial charge in [-0.3, -0.25) is 9.36 Å². The van der Waals surface area contributed by atoms with E-state index in [1.54, 1.807) is 6.07 Å². The third-order valence-electron chi connectivity index (χ3n) is 7.45. The monoisotopic (exact) mass is 544 g/mol. The average Bonchev–Trinajstić information content (AvgIpc) is 3.50. The Morgan fingerprint density at radius 2 is 1.84 bits per heavy atom. The van der Waals surface area contributed by atoms with Crippen molar-refractivity contribution in [3.8, 4) is 0 Å². The number of aromatic nitrogens is 4. The number of carbonyl (C=O) groups excluding carboxylic acids is 1. The van der Waals surface area contributed by atoms with Crippen LogP contribution in [0.5, 0.6) is 0 Å². The summed E-state index contributed by atoms with van der Waals surface area (Å²) in [6.45, 7) is 4.02. The van der Waals surface area contributed by atoms with Gasteiger partial charge in [0.2, 0.25) is 5.91 Å². The molecular weight excluding hydrogens is 516 g/mol. The number of fused-ring (bicyclic) bond motifs is 1. The van der Waals surface area contributed by atoms with E-state index in [4.69, 9.17) is 21.1 Å². The lowest BCUT2D eigenvalue weighted by atomic mass is 10.0. The molecule has 0 aliphatic carbocycles. The Morgan fingerprint density at radius 3 is 2.59 bits per heavy atom. The minimum atomic E-state index is -0.452. The number of nitrogens with zero attached hydrogens (tertiary/aromatic N) is 5. The Kier molecular flexibility index (Phi) is 6.87. The largest absolute Gasteiger partial charge is 0.356 e. The first-order valence-corrected chi connectivity index (χ1v) is 14.0. The van der Waals surface area contributed by atoms with Gasteiger partial charge in [-0.25, -0.2) is 14.8 Å². The molecule has 6 rings (SSSR count). The number of imidazole rings is 1. The van der Waals surface area contributed by atoms with Crippen molar-refractivity contribution >= 4 is 46.1 Å². The minimum absolute atomic E-state index is 0.0373. The number of rotatable bonds is 5. The maximum absolute atomic E-state index is 13.0. The van der Waals surface area contributed by atoms with Gasteiger partial charge in [0.15, 0.2) is 10.9 Å². The lowest BCUT2D eigenvalue weighted by Gasteiger charge is -2.38. The zero-order chi connectivity index (χ0) is 25.4. The van der Waals surface area contributed by atoms with E-state index >= 15 is 0 Å². The van der Waals surface area contributed by atoms with Crippen LogP contribution in [0, 0.1) is 0 Å². The topological polar surface area (TPSA) is 106 Å². The first kappa shape index (κ1) is 24.7. The first-order chi connectivity index (χ1) is 18.0. The van der Waals surface area contributed by atoms with Crippen molar-refractivity contribution in [2.24, 2.45) is 0 Å².